The highest BCUT2D eigenvalue weighted by molar-refractivity contribution is 7.15. The highest BCUT2D eigenvalue weighted by atomic mass is 32.1. The van der Waals surface area contributed by atoms with E-state index in [1.165, 1.54) is 9.75 Å². The molecule has 2 aromatic heterocycles. The summed E-state index contributed by atoms with van der Waals surface area (Å²) < 4.78 is 0. The lowest BCUT2D eigenvalue weighted by Crippen LogP contribution is -1.81. The Hall–Kier alpha value is -1.29. The van der Waals surface area contributed by atoms with E-state index < -0.39 is 0 Å². The van der Waals surface area contributed by atoms with Crippen LogP contribution < -0.4 is 5.73 Å². The minimum absolute atomic E-state index is 0.538. The van der Waals surface area contributed by atoms with Crippen molar-refractivity contribution in [1.29, 1.82) is 0 Å². The molecule has 4 heteroatoms. The van der Waals surface area contributed by atoms with Crippen LogP contribution in [0.2, 0.25) is 0 Å². The van der Waals surface area contributed by atoms with E-state index in [-0.39, 0.29) is 0 Å². The van der Waals surface area contributed by atoms with Gasteiger partial charge in [0.1, 0.15) is 5.82 Å². The van der Waals surface area contributed by atoms with Gasteiger partial charge in [0.25, 0.3) is 0 Å². The van der Waals surface area contributed by atoms with Gasteiger partial charge in [-0.05, 0) is 19.1 Å². The van der Waals surface area contributed by atoms with Crippen LogP contribution >= 0.6 is 11.3 Å². The molecule has 0 saturated heterocycles. The second-order valence-corrected chi connectivity index (χ2v) is 3.90. The lowest BCUT2D eigenvalue weighted by molar-refractivity contribution is 1.11. The fraction of sp³-hybridized carbons (Fsp3) is 0.125. The summed E-state index contributed by atoms with van der Waals surface area (Å²) in [5.41, 5.74) is 6.48. The minimum atomic E-state index is 0.538. The number of nitrogens with two attached hydrogens (primary N) is 1. The van der Waals surface area contributed by atoms with E-state index >= 15 is 0 Å². The third-order valence-corrected chi connectivity index (χ3v) is 2.64. The summed E-state index contributed by atoms with van der Waals surface area (Å²) in [6.07, 6.45) is 0. The first-order valence-corrected chi connectivity index (χ1v) is 4.45. The molecule has 0 aromatic carbocycles. The highest BCUT2D eigenvalue weighted by Gasteiger charge is 2.02. The smallest absolute Gasteiger partial charge is 0.145 e. The molecule has 62 valence electrons. The van der Waals surface area contributed by atoms with Crippen molar-refractivity contribution < 1.29 is 0 Å². The van der Waals surface area contributed by atoms with Crippen molar-refractivity contribution in [1.82, 2.24) is 10.2 Å². The van der Waals surface area contributed by atoms with Crippen molar-refractivity contribution in [2.75, 3.05) is 5.73 Å². The van der Waals surface area contributed by atoms with Crippen LogP contribution in [0.1, 0.15) is 4.88 Å². The maximum atomic E-state index is 5.49. The Balaban J connectivity index is 2.43. The quantitative estimate of drug-likeness (QED) is 0.703. The first-order valence-electron chi connectivity index (χ1n) is 3.63. The van der Waals surface area contributed by atoms with Gasteiger partial charge in [0, 0.05) is 10.9 Å². The molecule has 0 spiro atoms. The second-order valence-electron chi connectivity index (χ2n) is 2.62. The molecular formula is C8H9N3S. The molecule has 0 aliphatic rings. The van der Waals surface area contributed by atoms with E-state index in [0.29, 0.717) is 5.82 Å². The molecule has 0 fully saturated rings. The average Bonchev–Trinajstić information content (AvgIpc) is 2.58. The number of H-pyrrole nitrogens is 1. The van der Waals surface area contributed by atoms with Gasteiger partial charge in [0.15, 0.2) is 0 Å². The molecule has 0 aliphatic heterocycles. The Morgan fingerprint density at radius 2 is 2.33 bits per heavy atom. The van der Waals surface area contributed by atoms with Crippen LogP contribution in [0, 0.1) is 6.92 Å². The molecule has 3 nitrogen and oxygen atoms in total. The molecule has 2 rings (SSSR count). The molecule has 0 bridgehead atoms. The third-order valence-electron chi connectivity index (χ3n) is 1.60. The zero-order valence-corrected chi connectivity index (χ0v) is 7.48. The molecule has 3 N–H and O–H groups in total. The van der Waals surface area contributed by atoms with Gasteiger partial charge in [-0.15, -0.1) is 11.3 Å². The summed E-state index contributed by atoms with van der Waals surface area (Å²) in [5.74, 6) is 0.538. The summed E-state index contributed by atoms with van der Waals surface area (Å²) in [5, 5.41) is 6.73. The fourth-order valence-electron chi connectivity index (χ4n) is 1.04. The van der Waals surface area contributed by atoms with E-state index in [0.717, 1.165) is 5.69 Å². The van der Waals surface area contributed by atoms with Crippen molar-refractivity contribution in [2.45, 2.75) is 6.92 Å². The van der Waals surface area contributed by atoms with Crippen molar-refractivity contribution in [2.24, 2.45) is 0 Å². The molecule has 0 aliphatic carbocycles. The SMILES string of the molecule is Cc1ccc(-c2cc(N)n[nH]2)s1. The lowest BCUT2D eigenvalue weighted by Gasteiger charge is -1.86. The fourth-order valence-corrected chi connectivity index (χ4v) is 1.88. The van der Waals surface area contributed by atoms with Crippen molar-refractivity contribution in [3.05, 3.63) is 23.1 Å². The van der Waals surface area contributed by atoms with Gasteiger partial charge in [-0.25, -0.2) is 0 Å². The molecule has 0 saturated carbocycles. The highest BCUT2D eigenvalue weighted by Crippen LogP contribution is 2.26. The standard InChI is InChI=1S/C8H9N3S/c1-5-2-3-7(12-5)6-4-8(9)11-10-6/h2-4H,1H3,(H3,9,10,11). The maximum absolute atomic E-state index is 5.49. The van der Waals surface area contributed by atoms with Crippen molar-refractivity contribution in [3.8, 4) is 10.6 Å². The Labute approximate surface area is 74.2 Å². The molecule has 0 unspecified atom stereocenters. The number of aromatic nitrogens is 2. The number of thiophene rings is 1. The summed E-state index contributed by atoms with van der Waals surface area (Å²) >= 11 is 1.73. The van der Waals surface area contributed by atoms with Crippen molar-refractivity contribution >= 4 is 17.2 Å². The molecular weight excluding hydrogens is 170 g/mol. The van der Waals surface area contributed by atoms with E-state index in [2.05, 4.69) is 29.3 Å². The number of rotatable bonds is 1. The third kappa shape index (κ3) is 1.21. The minimum Gasteiger partial charge on any atom is -0.382 e. The van der Waals surface area contributed by atoms with Crippen LogP contribution in [0.3, 0.4) is 0 Å². The molecule has 2 aromatic rings. The van der Waals surface area contributed by atoms with Gasteiger partial charge < -0.3 is 5.73 Å². The van der Waals surface area contributed by atoms with Gasteiger partial charge in [0.2, 0.25) is 0 Å². The summed E-state index contributed by atoms with van der Waals surface area (Å²) in [7, 11) is 0. The van der Waals surface area contributed by atoms with E-state index in [1.807, 2.05) is 6.07 Å². The predicted molar refractivity (Wildman–Crippen MR) is 51.1 cm³/mol. The summed E-state index contributed by atoms with van der Waals surface area (Å²) in [6, 6.07) is 5.98. The normalized spacial score (nSPS) is 10.4. The molecule has 2 heterocycles. The molecule has 0 amide bonds. The van der Waals surface area contributed by atoms with Gasteiger partial charge >= 0.3 is 0 Å². The monoisotopic (exact) mass is 179 g/mol. The Kier molecular flexibility index (Phi) is 1.62. The maximum Gasteiger partial charge on any atom is 0.145 e. The number of aromatic amines is 1. The Morgan fingerprint density at radius 1 is 1.50 bits per heavy atom. The molecule has 0 radical (unpaired) electrons. The number of hydrogen-bond acceptors (Lipinski definition) is 3. The topological polar surface area (TPSA) is 54.7 Å². The van der Waals surface area contributed by atoms with Crippen LogP contribution in [0.4, 0.5) is 5.82 Å². The van der Waals surface area contributed by atoms with Gasteiger partial charge in [0.05, 0.1) is 10.6 Å². The van der Waals surface area contributed by atoms with E-state index in [9.17, 15) is 0 Å². The number of hydrogen-bond donors (Lipinski definition) is 2. The zero-order chi connectivity index (χ0) is 8.55. The first kappa shape index (κ1) is 7.36. The Bertz CT molecular complexity index is 350. The van der Waals surface area contributed by atoms with Gasteiger partial charge in [-0.3, -0.25) is 5.10 Å². The molecule has 0 atom stereocenters. The van der Waals surface area contributed by atoms with Crippen LogP contribution in [0.15, 0.2) is 18.2 Å². The average molecular weight is 179 g/mol. The van der Waals surface area contributed by atoms with Crippen molar-refractivity contribution in [3.63, 3.8) is 0 Å². The summed E-state index contributed by atoms with van der Waals surface area (Å²) in [6.45, 7) is 2.08. The van der Waals surface area contributed by atoms with Crippen LogP contribution in [-0.2, 0) is 0 Å². The first-order chi connectivity index (χ1) is 5.75. The van der Waals surface area contributed by atoms with E-state index in [1.54, 1.807) is 11.3 Å². The Morgan fingerprint density at radius 3 is 2.83 bits per heavy atom. The number of anilines is 1. The second kappa shape index (κ2) is 2.64. The number of nitrogens with zero attached hydrogens (tertiary/aromatic N) is 1. The largest absolute Gasteiger partial charge is 0.382 e. The van der Waals surface area contributed by atoms with Crippen LogP contribution in [0.25, 0.3) is 10.6 Å². The zero-order valence-electron chi connectivity index (χ0n) is 6.66. The molecule has 12 heavy (non-hydrogen) atoms. The van der Waals surface area contributed by atoms with Crippen LogP contribution in [0.5, 0.6) is 0 Å². The number of aryl methyl sites for hydroxylation is 1. The number of nitrogen functional groups attached to an aromatic ring is 1. The van der Waals surface area contributed by atoms with Gasteiger partial charge in [-0.1, -0.05) is 0 Å². The predicted octanol–water partition coefficient (Wildman–Crippen LogP) is 2.03. The number of nitrogens with one attached hydrogen (secondary N) is 1. The summed E-state index contributed by atoms with van der Waals surface area (Å²) in [4.78, 5) is 2.47. The van der Waals surface area contributed by atoms with Gasteiger partial charge in [-0.2, -0.15) is 5.10 Å². The van der Waals surface area contributed by atoms with E-state index in [4.69, 9.17) is 5.73 Å². The lowest BCUT2D eigenvalue weighted by atomic mass is 10.3. The van der Waals surface area contributed by atoms with Crippen LogP contribution in [-0.4, -0.2) is 10.2 Å².